The summed E-state index contributed by atoms with van der Waals surface area (Å²) in [6, 6.07) is 10.5. The van der Waals surface area contributed by atoms with E-state index in [4.69, 9.17) is 9.47 Å². The van der Waals surface area contributed by atoms with Crippen LogP contribution in [0, 0.1) is 12.7 Å². The molecule has 1 amide bonds. The third-order valence-electron chi connectivity index (χ3n) is 4.88. The van der Waals surface area contributed by atoms with Crippen molar-refractivity contribution in [2.45, 2.75) is 19.9 Å². The van der Waals surface area contributed by atoms with Gasteiger partial charge in [-0.25, -0.2) is 9.37 Å². The van der Waals surface area contributed by atoms with Crippen LogP contribution in [0.4, 0.5) is 10.1 Å². The number of halogens is 1. The van der Waals surface area contributed by atoms with E-state index in [-0.39, 0.29) is 25.4 Å². The van der Waals surface area contributed by atoms with Crippen molar-refractivity contribution in [3.63, 3.8) is 0 Å². The van der Waals surface area contributed by atoms with Gasteiger partial charge in [-0.05, 0) is 31.2 Å². The topological polar surface area (TPSA) is 103 Å². The minimum atomic E-state index is -0.491. The zero-order chi connectivity index (χ0) is 23.3. The molecule has 0 saturated heterocycles. The van der Waals surface area contributed by atoms with Gasteiger partial charge in [0.25, 0.3) is 5.56 Å². The molecule has 3 rings (SSSR count). The molecule has 0 aliphatic carbocycles. The molecular formula is C23H24FN3O5. The number of rotatable bonds is 8. The Morgan fingerprint density at radius 3 is 2.56 bits per heavy atom. The van der Waals surface area contributed by atoms with Gasteiger partial charge in [-0.1, -0.05) is 12.1 Å². The van der Waals surface area contributed by atoms with Crippen molar-refractivity contribution < 1.29 is 23.8 Å². The van der Waals surface area contributed by atoms with E-state index in [1.807, 2.05) is 0 Å². The average molecular weight is 441 g/mol. The number of anilines is 1. The molecule has 0 fully saturated rings. The number of carbonyl (C=O) groups is 1. The molecule has 9 heteroatoms. The predicted octanol–water partition coefficient (Wildman–Crippen LogP) is 2.55. The van der Waals surface area contributed by atoms with Gasteiger partial charge in [-0.15, -0.1) is 0 Å². The van der Waals surface area contributed by atoms with Crippen LogP contribution in [-0.4, -0.2) is 41.4 Å². The molecule has 0 aliphatic rings. The van der Waals surface area contributed by atoms with Gasteiger partial charge in [-0.2, -0.15) is 0 Å². The normalized spacial score (nSPS) is 10.7. The summed E-state index contributed by atoms with van der Waals surface area (Å²) in [5.74, 6) is 0.125. The summed E-state index contributed by atoms with van der Waals surface area (Å²) < 4.78 is 25.4. The molecule has 2 aromatic carbocycles. The summed E-state index contributed by atoms with van der Waals surface area (Å²) in [7, 11) is 2.99. The van der Waals surface area contributed by atoms with Crippen LogP contribution in [-0.2, 0) is 17.8 Å². The SMILES string of the molecule is COc1ccc(NC(=O)Cn2c(-c3cccc(F)c3)nc(C)c(CCO)c2=O)cc1OC. The second-order valence-electron chi connectivity index (χ2n) is 6.99. The second kappa shape index (κ2) is 10.1. The van der Waals surface area contributed by atoms with E-state index in [0.29, 0.717) is 34.0 Å². The van der Waals surface area contributed by atoms with Gasteiger partial charge in [-0.3, -0.25) is 14.2 Å². The lowest BCUT2D eigenvalue weighted by molar-refractivity contribution is -0.116. The van der Waals surface area contributed by atoms with Gasteiger partial charge in [0.05, 0.1) is 14.2 Å². The van der Waals surface area contributed by atoms with Crippen molar-refractivity contribution in [1.82, 2.24) is 9.55 Å². The van der Waals surface area contributed by atoms with E-state index in [1.54, 1.807) is 31.2 Å². The highest BCUT2D eigenvalue weighted by molar-refractivity contribution is 5.91. The lowest BCUT2D eigenvalue weighted by atomic mass is 10.1. The third kappa shape index (κ3) is 4.94. The maximum absolute atomic E-state index is 13.8. The van der Waals surface area contributed by atoms with Crippen LogP contribution >= 0.6 is 0 Å². The molecule has 3 aromatic rings. The summed E-state index contributed by atoms with van der Waals surface area (Å²) in [4.78, 5) is 30.4. The first kappa shape index (κ1) is 23.0. The number of benzene rings is 2. The molecule has 0 aliphatic heterocycles. The van der Waals surface area contributed by atoms with E-state index < -0.39 is 17.3 Å². The van der Waals surface area contributed by atoms with Crippen LogP contribution in [0.25, 0.3) is 11.4 Å². The van der Waals surface area contributed by atoms with Crippen LogP contribution in [0.2, 0.25) is 0 Å². The monoisotopic (exact) mass is 441 g/mol. The molecule has 1 heterocycles. The molecular weight excluding hydrogens is 417 g/mol. The number of carbonyl (C=O) groups excluding carboxylic acids is 1. The van der Waals surface area contributed by atoms with Crippen LogP contribution < -0.4 is 20.3 Å². The fourth-order valence-electron chi connectivity index (χ4n) is 3.35. The molecule has 0 bridgehead atoms. The van der Waals surface area contributed by atoms with E-state index in [9.17, 15) is 19.1 Å². The van der Waals surface area contributed by atoms with E-state index in [1.165, 1.54) is 37.0 Å². The molecule has 2 N–H and O–H groups in total. The maximum Gasteiger partial charge on any atom is 0.257 e. The molecule has 168 valence electrons. The molecule has 0 radical (unpaired) electrons. The van der Waals surface area contributed by atoms with Crippen molar-refractivity contribution >= 4 is 11.6 Å². The minimum Gasteiger partial charge on any atom is -0.493 e. The zero-order valence-corrected chi connectivity index (χ0v) is 18.0. The summed E-state index contributed by atoms with van der Waals surface area (Å²) >= 11 is 0. The van der Waals surface area contributed by atoms with Crippen LogP contribution in [0.3, 0.4) is 0 Å². The summed E-state index contributed by atoms with van der Waals surface area (Å²) in [6.45, 7) is 1.04. The van der Waals surface area contributed by atoms with Crippen molar-refractivity contribution in [3.8, 4) is 22.9 Å². The Labute approximate surface area is 184 Å². The largest absolute Gasteiger partial charge is 0.493 e. The molecule has 8 nitrogen and oxygen atoms in total. The molecule has 32 heavy (non-hydrogen) atoms. The first-order chi connectivity index (χ1) is 15.4. The Kier molecular flexibility index (Phi) is 7.21. The van der Waals surface area contributed by atoms with Gasteiger partial charge < -0.3 is 19.9 Å². The molecule has 0 saturated carbocycles. The number of aryl methyl sites for hydroxylation is 1. The predicted molar refractivity (Wildman–Crippen MR) is 118 cm³/mol. The van der Waals surface area contributed by atoms with E-state index in [0.717, 1.165) is 0 Å². The fourth-order valence-corrected chi connectivity index (χ4v) is 3.35. The molecule has 0 spiro atoms. The standard InChI is InChI=1S/C23H24FN3O5/c1-14-18(9-10-28)23(30)27(22(25-14)15-5-4-6-16(24)11-15)13-21(29)26-17-7-8-19(31-2)20(12-17)32-3/h4-8,11-12,28H,9-10,13H2,1-3H3,(H,26,29). The first-order valence-corrected chi connectivity index (χ1v) is 9.87. The van der Waals surface area contributed by atoms with E-state index >= 15 is 0 Å². The Balaban J connectivity index is 1.99. The number of amides is 1. The highest BCUT2D eigenvalue weighted by Gasteiger charge is 2.18. The smallest absolute Gasteiger partial charge is 0.257 e. The summed E-state index contributed by atoms with van der Waals surface area (Å²) in [5, 5.41) is 12.0. The lowest BCUT2D eigenvalue weighted by Gasteiger charge is -2.16. The highest BCUT2D eigenvalue weighted by atomic mass is 19.1. The summed E-state index contributed by atoms with van der Waals surface area (Å²) in [5.41, 5.74) is 1.06. The minimum absolute atomic E-state index is 0.0956. The Morgan fingerprint density at radius 2 is 1.91 bits per heavy atom. The van der Waals surface area contributed by atoms with Gasteiger partial charge in [0.2, 0.25) is 5.91 Å². The van der Waals surface area contributed by atoms with Crippen LogP contribution in [0.15, 0.2) is 47.3 Å². The quantitative estimate of drug-likeness (QED) is 0.557. The van der Waals surface area contributed by atoms with E-state index in [2.05, 4.69) is 10.3 Å². The number of hydrogen-bond donors (Lipinski definition) is 2. The van der Waals surface area contributed by atoms with Crippen molar-refractivity contribution in [3.05, 3.63) is 69.9 Å². The zero-order valence-electron chi connectivity index (χ0n) is 18.0. The number of aliphatic hydroxyl groups excluding tert-OH is 1. The number of methoxy groups -OCH3 is 2. The molecule has 0 unspecified atom stereocenters. The highest BCUT2D eigenvalue weighted by Crippen LogP contribution is 2.29. The molecule has 1 aromatic heterocycles. The number of aliphatic hydroxyl groups is 1. The molecule has 0 atom stereocenters. The average Bonchev–Trinajstić information content (AvgIpc) is 2.78. The fraction of sp³-hybridized carbons (Fsp3) is 0.261. The second-order valence-corrected chi connectivity index (χ2v) is 6.99. The number of aromatic nitrogens is 2. The van der Waals surface area contributed by atoms with Gasteiger partial charge in [0.15, 0.2) is 11.5 Å². The van der Waals surface area contributed by atoms with Crippen LogP contribution in [0.1, 0.15) is 11.3 Å². The number of hydrogen-bond acceptors (Lipinski definition) is 6. The van der Waals surface area contributed by atoms with Gasteiger partial charge in [0.1, 0.15) is 18.2 Å². The number of nitrogens with zero attached hydrogens (tertiary/aromatic N) is 2. The number of nitrogens with one attached hydrogen (secondary N) is 1. The number of ether oxygens (including phenoxy) is 2. The van der Waals surface area contributed by atoms with Crippen LogP contribution in [0.5, 0.6) is 11.5 Å². The first-order valence-electron chi connectivity index (χ1n) is 9.87. The van der Waals surface area contributed by atoms with Gasteiger partial charge >= 0.3 is 0 Å². The Hall–Kier alpha value is -3.72. The maximum atomic E-state index is 13.8. The van der Waals surface area contributed by atoms with Crippen molar-refractivity contribution in [1.29, 1.82) is 0 Å². The van der Waals surface area contributed by atoms with Crippen molar-refractivity contribution in [2.75, 3.05) is 26.1 Å². The summed E-state index contributed by atoms with van der Waals surface area (Å²) in [6.07, 6.45) is 0.0956. The lowest BCUT2D eigenvalue weighted by Crippen LogP contribution is -2.33. The van der Waals surface area contributed by atoms with Crippen molar-refractivity contribution in [2.24, 2.45) is 0 Å². The Bertz CT molecular complexity index is 1190. The third-order valence-corrected chi connectivity index (χ3v) is 4.88. The Morgan fingerprint density at radius 1 is 1.16 bits per heavy atom. The van der Waals surface area contributed by atoms with Gasteiger partial charge in [0, 0.05) is 41.6 Å².